The number of hydrogen-bond acceptors (Lipinski definition) is 5. The summed E-state index contributed by atoms with van der Waals surface area (Å²) >= 11 is 19.0. The van der Waals surface area contributed by atoms with Crippen molar-refractivity contribution in [3.05, 3.63) is 51.5 Å². The SMILES string of the molecule is COC[C@H](N)CCCOc1ccc(Cl)c(Cl)c1Cn1cnc2[c]ncc(Cl)c21. The lowest BCUT2D eigenvalue weighted by molar-refractivity contribution is 0.172. The highest BCUT2D eigenvalue weighted by atomic mass is 35.5. The van der Waals surface area contributed by atoms with Crippen LogP contribution in [-0.4, -0.2) is 40.9 Å². The number of benzene rings is 1. The van der Waals surface area contributed by atoms with E-state index >= 15 is 0 Å². The second-order valence-corrected chi connectivity index (χ2v) is 7.52. The molecule has 0 amide bonds. The first-order chi connectivity index (χ1) is 13.5. The highest BCUT2D eigenvalue weighted by Gasteiger charge is 2.16. The molecule has 2 N–H and O–H groups in total. The zero-order chi connectivity index (χ0) is 20.1. The van der Waals surface area contributed by atoms with E-state index < -0.39 is 0 Å². The quantitative estimate of drug-likeness (QED) is 0.498. The molecule has 2 heterocycles. The van der Waals surface area contributed by atoms with Gasteiger partial charge in [0.2, 0.25) is 0 Å². The summed E-state index contributed by atoms with van der Waals surface area (Å²) in [6, 6.07) is 3.52. The topological polar surface area (TPSA) is 75.2 Å². The fraction of sp³-hybridized carbons (Fsp3) is 0.368. The second-order valence-electron chi connectivity index (χ2n) is 6.33. The number of aromatic nitrogens is 3. The highest BCUT2D eigenvalue weighted by molar-refractivity contribution is 6.42. The Morgan fingerprint density at radius 1 is 1.25 bits per heavy atom. The van der Waals surface area contributed by atoms with Crippen LogP contribution >= 0.6 is 34.8 Å². The van der Waals surface area contributed by atoms with Crippen LogP contribution in [0.5, 0.6) is 5.75 Å². The largest absolute Gasteiger partial charge is 0.493 e. The molecule has 3 rings (SSSR count). The van der Waals surface area contributed by atoms with Crippen LogP contribution in [0.1, 0.15) is 18.4 Å². The molecule has 1 atom stereocenters. The second kappa shape index (κ2) is 9.76. The average Bonchev–Trinajstić information content (AvgIpc) is 3.08. The molecule has 0 aliphatic heterocycles. The van der Waals surface area contributed by atoms with Crippen molar-refractivity contribution in [3.8, 4) is 5.75 Å². The highest BCUT2D eigenvalue weighted by Crippen LogP contribution is 2.35. The van der Waals surface area contributed by atoms with Crippen molar-refractivity contribution in [1.82, 2.24) is 14.5 Å². The van der Waals surface area contributed by atoms with Crippen molar-refractivity contribution in [3.63, 3.8) is 0 Å². The number of methoxy groups -OCH3 is 1. The van der Waals surface area contributed by atoms with Crippen LogP contribution in [0.25, 0.3) is 11.0 Å². The van der Waals surface area contributed by atoms with Gasteiger partial charge < -0.3 is 19.8 Å². The molecule has 0 saturated heterocycles. The summed E-state index contributed by atoms with van der Waals surface area (Å²) in [4.78, 5) is 8.22. The minimum atomic E-state index is -0.00816. The summed E-state index contributed by atoms with van der Waals surface area (Å²) in [5, 5.41) is 1.38. The van der Waals surface area contributed by atoms with Crippen LogP contribution < -0.4 is 10.5 Å². The molecular weight excluding hydrogens is 423 g/mol. The zero-order valence-electron chi connectivity index (χ0n) is 15.3. The lowest BCUT2D eigenvalue weighted by Gasteiger charge is -2.16. The molecule has 0 saturated carbocycles. The maximum atomic E-state index is 6.48. The minimum absolute atomic E-state index is 0.00816. The predicted molar refractivity (Wildman–Crippen MR) is 112 cm³/mol. The Morgan fingerprint density at radius 2 is 2.07 bits per heavy atom. The fourth-order valence-electron chi connectivity index (χ4n) is 2.90. The Hall–Kier alpha value is -1.57. The van der Waals surface area contributed by atoms with Crippen LogP contribution in [0.15, 0.2) is 24.7 Å². The first-order valence-corrected chi connectivity index (χ1v) is 9.85. The Bertz CT molecular complexity index is 948. The fourth-order valence-corrected chi connectivity index (χ4v) is 3.54. The van der Waals surface area contributed by atoms with Gasteiger partial charge in [0, 0.05) is 24.9 Å². The number of imidazole rings is 1. The van der Waals surface area contributed by atoms with Gasteiger partial charge in [-0.1, -0.05) is 34.8 Å². The summed E-state index contributed by atoms with van der Waals surface area (Å²) in [5.74, 6) is 0.658. The Labute approximate surface area is 178 Å². The van der Waals surface area contributed by atoms with Gasteiger partial charge in [0.05, 0.1) is 46.7 Å². The van der Waals surface area contributed by atoms with Crippen molar-refractivity contribution in [2.75, 3.05) is 20.3 Å². The number of halogens is 3. The van der Waals surface area contributed by atoms with Gasteiger partial charge in [-0.25, -0.2) is 4.98 Å². The van der Waals surface area contributed by atoms with Crippen molar-refractivity contribution < 1.29 is 9.47 Å². The van der Waals surface area contributed by atoms with E-state index in [1.165, 1.54) is 6.20 Å². The molecule has 9 heteroatoms. The molecule has 0 spiro atoms. The molecule has 0 bridgehead atoms. The van der Waals surface area contributed by atoms with Crippen LogP contribution in [0.2, 0.25) is 15.1 Å². The molecule has 0 fully saturated rings. The number of rotatable bonds is 9. The molecule has 1 aromatic carbocycles. The number of hydrogen-bond donors (Lipinski definition) is 1. The van der Waals surface area contributed by atoms with Crippen LogP contribution in [0.4, 0.5) is 0 Å². The molecular formula is C19H20Cl3N4O2. The minimum Gasteiger partial charge on any atom is -0.493 e. The zero-order valence-corrected chi connectivity index (χ0v) is 17.6. The van der Waals surface area contributed by atoms with E-state index in [2.05, 4.69) is 16.2 Å². The number of fused-ring (bicyclic) bond motifs is 1. The summed E-state index contributed by atoms with van der Waals surface area (Å²) in [6.45, 7) is 1.43. The Kier molecular flexibility index (Phi) is 7.37. The van der Waals surface area contributed by atoms with Crippen molar-refractivity contribution in [2.45, 2.75) is 25.4 Å². The molecule has 3 aromatic rings. The van der Waals surface area contributed by atoms with Gasteiger partial charge in [-0.15, -0.1) is 0 Å². The van der Waals surface area contributed by atoms with E-state index in [0.29, 0.717) is 46.1 Å². The van der Waals surface area contributed by atoms with E-state index in [4.69, 9.17) is 50.0 Å². The van der Waals surface area contributed by atoms with Gasteiger partial charge in [-0.05, 0) is 25.0 Å². The summed E-state index contributed by atoms with van der Waals surface area (Å²) in [7, 11) is 1.64. The van der Waals surface area contributed by atoms with Gasteiger partial charge in [0.25, 0.3) is 0 Å². The summed E-state index contributed by atoms with van der Waals surface area (Å²) < 4.78 is 12.9. The average molecular weight is 443 g/mol. The van der Waals surface area contributed by atoms with Crippen molar-refractivity contribution in [1.29, 1.82) is 0 Å². The molecule has 2 aromatic heterocycles. The normalized spacial score (nSPS) is 12.5. The van der Waals surface area contributed by atoms with Gasteiger partial charge in [-0.2, -0.15) is 0 Å². The van der Waals surface area contributed by atoms with Crippen LogP contribution in [0, 0.1) is 6.20 Å². The molecule has 6 nitrogen and oxygen atoms in total. The number of nitrogens with zero attached hydrogens (tertiary/aromatic N) is 3. The van der Waals surface area contributed by atoms with Gasteiger partial charge in [-0.3, -0.25) is 4.98 Å². The van der Waals surface area contributed by atoms with E-state index in [9.17, 15) is 0 Å². The molecule has 0 aliphatic rings. The predicted octanol–water partition coefficient (Wildman–Crippen LogP) is 4.37. The molecule has 0 aliphatic carbocycles. The standard InChI is InChI=1S/C19H20Cl3N4O2/c1-27-10-12(23)3-2-6-28-17-5-4-14(20)18(22)13(17)9-26-11-25-16-8-24-7-15(21)19(16)26/h4-5,7,11-12H,2-3,6,9-10,23H2,1H3/t12-/m1/s1. The molecule has 28 heavy (non-hydrogen) atoms. The van der Waals surface area contributed by atoms with Gasteiger partial charge in [0.1, 0.15) is 17.5 Å². The third kappa shape index (κ3) is 4.88. The Morgan fingerprint density at radius 3 is 2.86 bits per heavy atom. The number of nitrogens with two attached hydrogens (primary N) is 1. The number of ether oxygens (including phenoxy) is 2. The first-order valence-electron chi connectivity index (χ1n) is 8.72. The smallest absolute Gasteiger partial charge is 0.125 e. The maximum absolute atomic E-state index is 6.48. The summed E-state index contributed by atoms with van der Waals surface area (Å²) in [5.41, 5.74) is 8.01. The van der Waals surface area contributed by atoms with Crippen LogP contribution in [0.3, 0.4) is 0 Å². The van der Waals surface area contributed by atoms with Crippen molar-refractivity contribution >= 4 is 45.8 Å². The van der Waals surface area contributed by atoms with E-state index in [-0.39, 0.29) is 6.04 Å². The number of pyridine rings is 1. The molecule has 0 unspecified atom stereocenters. The molecule has 1 radical (unpaired) electrons. The third-order valence-corrected chi connectivity index (χ3v) is 5.37. The third-order valence-electron chi connectivity index (χ3n) is 4.25. The molecule has 149 valence electrons. The van der Waals surface area contributed by atoms with Gasteiger partial charge >= 0.3 is 0 Å². The van der Waals surface area contributed by atoms with E-state index in [1.807, 2.05) is 10.6 Å². The van der Waals surface area contributed by atoms with E-state index in [1.54, 1.807) is 19.5 Å². The summed E-state index contributed by atoms with van der Waals surface area (Å²) in [6.07, 6.45) is 7.62. The monoisotopic (exact) mass is 441 g/mol. The lowest BCUT2D eigenvalue weighted by atomic mass is 10.1. The van der Waals surface area contributed by atoms with Gasteiger partial charge in [0.15, 0.2) is 0 Å². The van der Waals surface area contributed by atoms with Crippen LogP contribution in [-0.2, 0) is 11.3 Å². The maximum Gasteiger partial charge on any atom is 0.125 e. The first kappa shape index (κ1) is 21.1. The van der Waals surface area contributed by atoms with Crippen molar-refractivity contribution in [2.24, 2.45) is 5.73 Å². The Balaban J connectivity index is 1.79. The lowest BCUT2D eigenvalue weighted by Crippen LogP contribution is -2.26. The van der Waals surface area contributed by atoms with E-state index in [0.717, 1.165) is 23.9 Å².